The number of anilines is 2. The van der Waals surface area contributed by atoms with Gasteiger partial charge in [-0.05, 0) is 57.9 Å². The van der Waals surface area contributed by atoms with Gasteiger partial charge < -0.3 is 10.1 Å². The maximum absolute atomic E-state index is 12.1. The smallest absolute Gasteiger partial charge is 0.413 e. The normalized spacial score (nSPS) is 12.5. The fourth-order valence-corrected chi connectivity index (χ4v) is 4.41. The van der Waals surface area contributed by atoms with E-state index in [4.69, 9.17) is 9.84 Å². The number of benzene rings is 1. The molecule has 0 aliphatic carbocycles. The lowest BCUT2D eigenvalue weighted by Gasteiger charge is -2.19. The second kappa shape index (κ2) is 9.20. The minimum absolute atomic E-state index is 0.171. The first-order valence-corrected chi connectivity index (χ1v) is 12.1. The molecule has 0 fully saturated rings. The highest BCUT2D eigenvalue weighted by Crippen LogP contribution is 2.39. The molecule has 5 rings (SSSR count). The average molecular weight is 500 g/mol. The van der Waals surface area contributed by atoms with Crippen LogP contribution < -0.4 is 10.6 Å². The lowest BCUT2D eigenvalue weighted by Crippen LogP contribution is -2.27. The molecule has 4 heterocycles. The summed E-state index contributed by atoms with van der Waals surface area (Å²) in [7, 11) is 0. The zero-order valence-electron chi connectivity index (χ0n) is 21.5. The van der Waals surface area contributed by atoms with Crippen molar-refractivity contribution in [1.29, 1.82) is 0 Å². The Bertz CT molecular complexity index is 1490. The highest BCUT2D eigenvalue weighted by Gasteiger charge is 2.29. The monoisotopic (exact) mass is 499 g/mol. The van der Waals surface area contributed by atoms with Crippen LogP contribution in [0.2, 0.25) is 0 Å². The van der Waals surface area contributed by atoms with E-state index in [0.29, 0.717) is 24.6 Å². The molecule has 10 nitrogen and oxygen atoms in total. The third-order valence-electron chi connectivity index (χ3n) is 5.89. The van der Waals surface area contributed by atoms with E-state index in [2.05, 4.69) is 20.7 Å². The number of rotatable bonds is 4. The molecule has 3 aromatic heterocycles. The van der Waals surface area contributed by atoms with Crippen molar-refractivity contribution in [2.75, 3.05) is 10.6 Å². The van der Waals surface area contributed by atoms with Crippen LogP contribution in [0.4, 0.5) is 16.4 Å². The number of fused-ring (bicyclic) bond motifs is 3. The van der Waals surface area contributed by atoms with E-state index in [1.165, 1.54) is 6.92 Å². The molecule has 2 amide bonds. The van der Waals surface area contributed by atoms with Gasteiger partial charge in [-0.1, -0.05) is 18.2 Å². The minimum atomic E-state index is -0.599. The first kappa shape index (κ1) is 24.2. The fraction of sp³-hybridized carbons (Fsp3) is 0.296. The molecule has 2 N–H and O–H groups in total. The van der Waals surface area contributed by atoms with E-state index in [-0.39, 0.29) is 5.91 Å². The highest BCUT2D eigenvalue weighted by molar-refractivity contribution is 5.89. The van der Waals surface area contributed by atoms with Gasteiger partial charge in [-0.3, -0.25) is 14.8 Å². The Hall–Kier alpha value is -4.47. The fourth-order valence-electron chi connectivity index (χ4n) is 4.41. The number of nitrogens with zero attached hydrogens (tertiary/aromatic N) is 5. The Kier molecular flexibility index (Phi) is 6.02. The standard InChI is InChI=1S/C27H29N7O3/c1-16-8-6-7-9-20(16)34-25-19(12-13-33-21(25)14-23(31-33)29-17(2)35)24(32-34)18-10-11-22(28-15-18)30-26(36)37-27(3,4)5/h6-11,14-15H,12-13H2,1-5H3,(H,28,30,36)(H,29,31,35). The first-order valence-electron chi connectivity index (χ1n) is 12.1. The molecule has 1 aliphatic heterocycles. The number of carbonyl (C=O) groups is 2. The predicted molar refractivity (Wildman–Crippen MR) is 141 cm³/mol. The summed E-state index contributed by atoms with van der Waals surface area (Å²) in [5, 5.41) is 15.1. The van der Waals surface area contributed by atoms with Crippen molar-refractivity contribution in [2.24, 2.45) is 0 Å². The molecule has 0 saturated heterocycles. The molecule has 0 radical (unpaired) electrons. The van der Waals surface area contributed by atoms with Crippen LogP contribution in [0.1, 0.15) is 38.8 Å². The SMILES string of the molecule is CC(=O)Nc1cc2n(n1)CCc1c(-c3ccc(NC(=O)OC(C)(C)C)nc3)nn(-c3ccccc3C)c1-2. The molecule has 190 valence electrons. The second-order valence-electron chi connectivity index (χ2n) is 10.0. The van der Waals surface area contributed by atoms with E-state index >= 15 is 0 Å². The van der Waals surface area contributed by atoms with Gasteiger partial charge >= 0.3 is 6.09 Å². The van der Waals surface area contributed by atoms with E-state index < -0.39 is 11.7 Å². The van der Waals surface area contributed by atoms with Gasteiger partial charge in [0.15, 0.2) is 5.82 Å². The molecular formula is C27H29N7O3. The summed E-state index contributed by atoms with van der Waals surface area (Å²) in [4.78, 5) is 28.2. The van der Waals surface area contributed by atoms with Gasteiger partial charge in [0.2, 0.25) is 5.91 Å². The summed E-state index contributed by atoms with van der Waals surface area (Å²) in [6, 6.07) is 13.6. The Morgan fingerprint density at radius 1 is 1.03 bits per heavy atom. The van der Waals surface area contributed by atoms with Crippen LogP contribution >= 0.6 is 0 Å². The van der Waals surface area contributed by atoms with Crippen LogP contribution in [0.3, 0.4) is 0 Å². The summed E-state index contributed by atoms with van der Waals surface area (Å²) in [6.07, 6.45) is 1.85. The molecule has 1 aromatic carbocycles. The largest absolute Gasteiger partial charge is 0.444 e. The molecule has 0 spiro atoms. The second-order valence-corrected chi connectivity index (χ2v) is 10.0. The number of hydrogen-bond acceptors (Lipinski definition) is 6. The van der Waals surface area contributed by atoms with Gasteiger partial charge in [0.25, 0.3) is 0 Å². The Morgan fingerprint density at radius 3 is 2.49 bits per heavy atom. The zero-order chi connectivity index (χ0) is 26.3. The van der Waals surface area contributed by atoms with Crippen molar-refractivity contribution in [3.8, 4) is 28.3 Å². The summed E-state index contributed by atoms with van der Waals surface area (Å²) >= 11 is 0. The molecule has 37 heavy (non-hydrogen) atoms. The molecule has 0 atom stereocenters. The van der Waals surface area contributed by atoms with Gasteiger partial charge in [0, 0.05) is 36.9 Å². The number of aryl methyl sites for hydroxylation is 2. The maximum atomic E-state index is 12.1. The minimum Gasteiger partial charge on any atom is -0.444 e. The molecule has 0 bridgehead atoms. The molecule has 10 heteroatoms. The van der Waals surface area contributed by atoms with E-state index in [1.807, 2.05) is 73.5 Å². The van der Waals surface area contributed by atoms with Gasteiger partial charge in [0.1, 0.15) is 11.4 Å². The van der Waals surface area contributed by atoms with Crippen molar-refractivity contribution < 1.29 is 14.3 Å². The summed E-state index contributed by atoms with van der Waals surface area (Å²) in [5.74, 6) is 0.729. The van der Waals surface area contributed by atoms with Crippen molar-refractivity contribution in [2.45, 2.75) is 53.2 Å². The lowest BCUT2D eigenvalue weighted by molar-refractivity contribution is -0.114. The number of hydrogen-bond donors (Lipinski definition) is 2. The molecule has 4 aromatic rings. The summed E-state index contributed by atoms with van der Waals surface area (Å²) in [5.41, 5.74) is 5.94. The number of aromatic nitrogens is 5. The Balaban J connectivity index is 1.57. The number of carbonyl (C=O) groups excluding carboxylic acids is 2. The van der Waals surface area contributed by atoms with Crippen LogP contribution in [0, 0.1) is 6.92 Å². The Labute approximate surface area is 214 Å². The average Bonchev–Trinajstić information content (AvgIpc) is 3.39. The van der Waals surface area contributed by atoms with Gasteiger partial charge in [-0.15, -0.1) is 0 Å². The third kappa shape index (κ3) is 4.95. The van der Waals surface area contributed by atoms with E-state index in [1.54, 1.807) is 12.3 Å². The van der Waals surface area contributed by atoms with Crippen LogP contribution in [0.5, 0.6) is 0 Å². The van der Waals surface area contributed by atoms with E-state index in [0.717, 1.165) is 39.5 Å². The Morgan fingerprint density at radius 2 is 1.81 bits per heavy atom. The van der Waals surface area contributed by atoms with Gasteiger partial charge in [-0.2, -0.15) is 10.2 Å². The number of para-hydroxylation sites is 1. The van der Waals surface area contributed by atoms with Crippen molar-refractivity contribution in [1.82, 2.24) is 24.5 Å². The lowest BCUT2D eigenvalue weighted by atomic mass is 10.00. The van der Waals surface area contributed by atoms with Crippen LogP contribution in [0.25, 0.3) is 28.3 Å². The third-order valence-corrected chi connectivity index (χ3v) is 5.89. The molecular weight excluding hydrogens is 470 g/mol. The first-order chi connectivity index (χ1) is 17.6. The van der Waals surface area contributed by atoms with E-state index in [9.17, 15) is 9.59 Å². The van der Waals surface area contributed by atoms with Gasteiger partial charge in [0.05, 0.1) is 22.8 Å². The van der Waals surface area contributed by atoms with Crippen LogP contribution in [-0.4, -0.2) is 42.1 Å². The quantitative estimate of drug-likeness (QED) is 0.410. The van der Waals surface area contributed by atoms with Crippen molar-refractivity contribution in [3.63, 3.8) is 0 Å². The molecule has 1 aliphatic rings. The highest BCUT2D eigenvalue weighted by atomic mass is 16.6. The van der Waals surface area contributed by atoms with Crippen molar-refractivity contribution >= 4 is 23.6 Å². The number of nitrogens with one attached hydrogen (secondary N) is 2. The number of amides is 2. The topological polar surface area (TPSA) is 116 Å². The zero-order valence-corrected chi connectivity index (χ0v) is 21.5. The number of pyridine rings is 1. The summed E-state index contributed by atoms with van der Waals surface area (Å²) < 4.78 is 9.16. The van der Waals surface area contributed by atoms with Gasteiger partial charge in [-0.25, -0.2) is 14.5 Å². The predicted octanol–water partition coefficient (Wildman–Crippen LogP) is 4.97. The molecule has 0 saturated carbocycles. The molecule has 0 unspecified atom stereocenters. The summed E-state index contributed by atoms with van der Waals surface area (Å²) in [6.45, 7) is 9.59. The van der Waals surface area contributed by atoms with Crippen molar-refractivity contribution in [3.05, 3.63) is 59.8 Å². The maximum Gasteiger partial charge on any atom is 0.413 e. The number of ether oxygens (including phenoxy) is 1. The van der Waals surface area contributed by atoms with Crippen LogP contribution in [-0.2, 0) is 22.5 Å². The van der Waals surface area contributed by atoms with Crippen LogP contribution in [0.15, 0.2) is 48.7 Å².